The standard InChI is InChI=1S/C19H15ClN4O3/c1-27-16-10-13(23-19(26)14-5-3-9-22-17(14)20)6-7-15(16)24-18(25)12-4-2-8-21-11-12/h2-11H,1H3,(H,23,26)(H,24,25). The summed E-state index contributed by atoms with van der Waals surface area (Å²) in [6.45, 7) is 0. The van der Waals surface area contributed by atoms with Gasteiger partial charge in [0.25, 0.3) is 11.8 Å². The van der Waals surface area contributed by atoms with E-state index < -0.39 is 5.91 Å². The highest BCUT2D eigenvalue weighted by molar-refractivity contribution is 6.33. The van der Waals surface area contributed by atoms with E-state index in [2.05, 4.69) is 20.6 Å². The van der Waals surface area contributed by atoms with Gasteiger partial charge in [-0.2, -0.15) is 0 Å². The van der Waals surface area contributed by atoms with E-state index >= 15 is 0 Å². The lowest BCUT2D eigenvalue weighted by Gasteiger charge is -2.13. The third-order valence-electron chi connectivity index (χ3n) is 3.64. The Labute approximate surface area is 160 Å². The lowest BCUT2D eigenvalue weighted by Crippen LogP contribution is -2.14. The van der Waals surface area contributed by atoms with Crippen molar-refractivity contribution in [2.24, 2.45) is 0 Å². The molecule has 0 spiro atoms. The van der Waals surface area contributed by atoms with Gasteiger partial charge in [0.05, 0.1) is 23.9 Å². The van der Waals surface area contributed by atoms with Crippen LogP contribution in [0.2, 0.25) is 5.15 Å². The number of rotatable bonds is 5. The minimum Gasteiger partial charge on any atom is -0.494 e. The predicted molar refractivity (Wildman–Crippen MR) is 102 cm³/mol. The Morgan fingerprint density at radius 2 is 1.85 bits per heavy atom. The van der Waals surface area contributed by atoms with Crippen molar-refractivity contribution in [3.63, 3.8) is 0 Å². The van der Waals surface area contributed by atoms with Gasteiger partial charge in [-0.3, -0.25) is 14.6 Å². The molecule has 2 amide bonds. The average Bonchev–Trinajstić information content (AvgIpc) is 2.70. The van der Waals surface area contributed by atoms with E-state index in [1.54, 1.807) is 48.7 Å². The molecule has 0 atom stereocenters. The van der Waals surface area contributed by atoms with Crippen molar-refractivity contribution in [2.75, 3.05) is 17.7 Å². The molecule has 0 saturated heterocycles. The molecule has 8 heteroatoms. The number of aromatic nitrogens is 2. The minimum absolute atomic E-state index is 0.113. The Bertz CT molecular complexity index is 980. The van der Waals surface area contributed by atoms with Crippen LogP contribution in [0, 0.1) is 0 Å². The van der Waals surface area contributed by atoms with Crippen LogP contribution < -0.4 is 15.4 Å². The number of ether oxygens (including phenoxy) is 1. The van der Waals surface area contributed by atoms with Crippen molar-refractivity contribution in [3.05, 3.63) is 77.3 Å². The fourth-order valence-corrected chi connectivity index (χ4v) is 2.52. The Hall–Kier alpha value is -3.45. The molecule has 2 N–H and O–H groups in total. The van der Waals surface area contributed by atoms with Gasteiger partial charge in [0.15, 0.2) is 0 Å². The number of hydrogen-bond donors (Lipinski definition) is 2. The van der Waals surface area contributed by atoms with Gasteiger partial charge < -0.3 is 15.4 Å². The fraction of sp³-hybridized carbons (Fsp3) is 0.0526. The third-order valence-corrected chi connectivity index (χ3v) is 3.94. The number of nitrogens with one attached hydrogen (secondary N) is 2. The molecule has 2 aromatic heterocycles. The number of halogens is 1. The zero-order chi connectivity index (χ0) is 19.2. The largest absolute Gasteiger partial charge is 0.494 e. The predicted octanol–water partition coefficient (Wildman–Crippen LogP) is 3.64. The highest BCUT2D eigenvalue weighted by Crippen LogP contribution is 2.29. The van der Waals surface area contributed by atoms with Crippen LogP contribution in [-0.4, -0.2) is 28.9 Å². The Morgan fingerprint density at radius 3 is 2.56 bits per heavy atom. The summed E-state index contributed by atoms with van der Waals surface area (Å²) >= 11 is 5.94. The maximum absolute atomic E-state index is 12.3. The number of benzene rings is 1. The number of methoxy groups -OCH3 is 1. The van der Waals surface area contributed by atoms with Crippen LogP contribution in [-0.2, 0) is 0 Å². The second-order valence-corrected chi connectivity index (χ2v) is 5.76. The molecule has 0 aliphatic carbocycles. The van der Waals surface area contributed by atoms with Gasteiger partial charge in [0, 0.05) is 30.3 Å². The number of carbonyl (C=O) groups excluding carboxylic acids is 2. The van der Waals surface area contributed by atoms with Crippen LogP contribution >= 0.6 is 11.6 Å². The topological polar surface area (TPSA) is 93.2 Å². The molecule has 0 unspecified atom stereocenters. The highest BCUT2D eigenvalue weighted by Gasteiger charge is 2.14. The summed E-state index contributed by atoms with van der Waals surface area (Å²) in [6.07, 6.45) is 4.55. The van der Waals surface area contributed by atoms with Crippen molar-refractivity contribution in [1.29, 1.82) is 0 Å². The first-order chi connectivity index (χ1) is 13.1. The first kappa shape index (κ1) is 18.3. The molecule has 3 aromatic rings. The first-order valence-electron chi connectivity index (χ1n) is 7.90. The number of amides is 2. The SMILES string of the molecule is COc1cc(NC(=O)c2cccnc2Cl)ccc1NC(=O)c1cccnc1. The normalized spacial score (nSPS) is 10.1. The van der Waals surface area contributed by atoms with Crippen LogP contribution in [0.1, 0.15) is 20.7 Å². The second-order valence-electron chi connectivity index (χ2n) is 5.41. The van der Waals surface area contributed by atoms with E-state index in [-0.39, 0.29) is 16.6 Å². The second kappa shape index (κ2) is 8.29. The van der Waals surface area contributed by atoms with E-state index in [9.17, 15) is 9.59 Å². The van der Waals surface area contributed by atoms with Crippen LogP contribution in [0.4, 0.5) is 11.4 Å². The molecule has 3 rings (SSSR count). The monoisotopic (exact) mass is 382 g/mol. The third kappa shape index (κ3) is 4.39. The van der Waals surface area contributed by atoms with E-state index in [0.29, 0.717) is 22.7 Å². The number of pyridine rings is 2. The number of anilines is 2. The van der Waals surface area contributed by atoms with Gasteiger partial charge in [0.1, 0.15) is 10.9 Å². The van der Waals surface area contributed by atoms with Crippen molar-refractivity contribution < 1.29 is 14.3 Å². The molecule has 7 nitrogen and oxygen atoms in total. The molecule has 1 aromatic carbocycles. The fourth-order valence-electron chi connectivity index (χ4n) is 2.32. The minimum atomic E-state index is -0.401. The van der Waals surface area contributed by atoms with Gasteiger partial charge in [-0.05, 0) is 36.4 Å². The summed E-state index contributed by atoms with van der Waals surface area (Å²) in [5.41, 5.74) is 1.62. The van der Waals surface area contributed by atoms with E-state index in [4.69, 9.17) is 16.3 Å². The van der Waals surface area contributed by atoms with Gasteiger partial charge >= 0.3 is 0 Å². The smallest absolute Gasteiger partial charge is 0.258 e. The van der Waals surface area contributed by atoms with Gasteiger partial charge in [-0.25, -0.2) is 4.98 Å². The van der Waals surface area contributed by atoms with E-state index in [0.717, 1.165) is 0 Å². The molecular weight excluding hydrogens is 368 g/mol. The summed E-state index contributed by atoms with van der Waals surface area (Å²) in [4.78, 5) is 32.4. The summed E-state index contributed by atoms with van der Waals surface area (Å²) in [7, 11) is 1.47. The molecule has 0 radical (unpaired) electrons. The van der Waals surface area contributed by atoms with Crippen molar-refractivity contribution >= 4 is 34.8 Å². The molecule has 0 aliphatic heterocycles. The van der Waals surface area contributed by atoms with Crippen molar-refractivity contribution in [3.8, 4) is 5.75 Å². The van der Waals surface area contributed by atoms with Gasteiger partial charge in [-0.1, -0.05) is 11.6 Å². The molecule has 136 valence electrons. The molecule has 0 aliphatic rings. The quantitative estimate of drug-likeness (QED) is 0.657. The van der Waals surface area contributed by atoms with Gasteiger partial charge in [0.2, 0.25) is 0 Å². The van der Waals surface area contributed by atoms with E-state index in [1.165, 1.54) is 19.5 Å². The Balaban J connectivity index is 1.77. The maximum atomic E-state index is 12.3. The van der Waals surface area contributed by atoms with Gasteiger partial charge in [-0.15, -0.1) is 0 Å². The van der Waals surface area contributed by atoms with E-state index in [1.807, 2.05) is 0 Å². The number of nitrogens with zero attached hydrogens (tertiary/aromatic N) is 2. The molecule has 0 fully saturated rings. The lowest BCUT2D eigenvalue weighted by atomic mass is 10.2. The molecule has 2 heterocycles. The van der Waals surface area contributed by atoms with Crippen LogP contribution in [0.15, 0.2) is 61.1 Å². The maximum Gasteiger partial charge on any atom is 0.258 e. The number of carbonyl (C=O) groups is 2. The van der Waals surface area contributed by atoms with Crippen LogP contribution in [0.5, 0.6) is 5.75 Å². The zero-order valence-electron chi connectivity index (χ0n) is 14.3. The Morgan fingerprint density at radius 1 is 1.04 bits per heavy atom. The summed E-state index contributed by atoms with van der Waals surface area (Å²) in [5.74, 6) is -0.329. The average molecular weight is 383 g/mol. The van der Waals surface area contributed by atoms with Crippen LogP contribution in [0.3, 0.4) is 0 Å². The highest BCUT2D eigenvalue weighted by atomic mass is 35.5. The number of hydrogen-bond acceptors (Lipinski definition) is 5. The lowest BCUT2D eigenvalue weighted by molar-refractivity contribution is 0.101. The molecule has 0 saturated carbocycles. The zero-order valence-corrected chi connectivity index (χ0v) is 15.0. The van der Waals surface area contributed by atoms with Crippen molar-refractivity contribution in [2.45, 2.75) is 0 Å². The molecular formula is C19H15ClN4O3. The summed E-state index contributed by atoms with van der Waals surface area (Å²) in [6, 6.07) is 11.4. The first-order valence-corrected chi connectivity index (χ1v) is 8.27. The van der Waals surface area contributed by atoms with Crippen LogP contribution in [0.25, 0.3) is 0 Å². The Kier molecular flexibility index (Phi) is 5.63. The molecule has 0 bridgehead atoms. The summed E-state index contributed by atoms with van der Waals surface area (Å²) in [5, 5.41) is 5.58. The van der Waals surface area contributed by atoms with Crippen molar-refractivity contribution in [1.82, 2.24) is 9.97 Å². The summed E-state index contributed by atoms with van der Waals surface area (Å²) < 4.78 is 5.31. The molecule has 27 heavy (non-hydrogen) atoms.